The van der Waals surface area contributed by atoms with Crippen LogP contribution in [0.3, 0.4) is 0 Å². The minimum atomic E-state index is -0.494. The van der Waals surface area contributed by atoms with Crippen LogP contribution in [0.25, 0.3) is 0 Å². The van der Waals surface area contributed by atoms with Crippen LogP contribution in [-0.2, 0) is 4.74 Å². The number of nitrogens with one attached hydrogen (secondary N) is 1. The molecule has 0 unspecified atom stereocenters. The highest BCUT2D eigenvalue weighted by Crippen LogP contribution is 2.28. The Bertz CT molecular complexity index is 252. The van der Waals surface area contributed by atoms with E-state index in [0.717, 1.165) is 12.8 Å². The van der Waals surface area contributed by atoms with E-state index in [2.05, 4.69) is 5.32 Å². The number of rotatable bonds is 2. The van der Waals surface area contributed by atoms with Gasteiger partial charge in [-0.15, -0.1) is 0 Å². The quantitative estimate of drug-likeness (QED) is 0.780. The number of carbonyl (C=O) groups is 1. The molecule has 2 N–H and O–H groups in total. The van der Waals surface area contributed by atoms with Gasteiger partial charge in [-0.3, -0.25) is 0 Å². The van der Waals surface area contributed by atoms with Crippen molar-refractivity contribution in [2.24, 2.45) is 0 Å². The zero-order valence-corrected chi connectivity index (χ0v) is 11.1. The molecule has 0 saturated heterocycles. The Morgan fingerprint density at radius 3 is 2.50 bits per heavy atom. The Morgan fingerprint density at radius 2 is 2.06 bits per heavy atom. The van der Waals surface area contributed by atoms with Gasteiger partial charge in [-0.25, -0.2) is 4.79 Å². The Balaban J connectivity index is 2.40. The number of amides is 1. The van der Waals surface area contributed by atoms with Crippen LogP contribution in [0.2, 0.25) is 0 Å². The summed E-state index contributed by atoms with van der Waals surface area (Å²) in [6.07, 6.45) is 2.67. The molecule has 1 aliphatic rings. The second-order valence-corrected chi connectivity index (χ2v) is 6.29. The summed E-state index contributed by atoms with van der Waals surface area (Å²) in [5.74, 6) is 0. The Labute approximate surface area is 101 Å². The van der Waals surface area contributed by atoms with E-state index in [1.54, 1.807) is 11.8 Å². The molecule has 5 heteroatoms. The lowest BCUT2D eigenvalue weighted by Crippen LogP contribution is -2.42. The van der Waals surface area contributed by atoms with Gasteiger partial charge in [0, 0.05) is 5.25 Å². The molecule has 1 rings (SSSR count). The average molecular weight is 247 g/mol. The molecule has 1 amide bonds. The number of alkyl carbamates (subject to hydrolysis) is 1. The fourth-order valence-corrected chi connectivity index (χ4v) is 2.57. The maximum absolute atomic E-state index is 11.5. The molecule has 1 fully saturated rings. The molecule has 0 aliphatic heterocycles. The van der Waals surface area contributed by atoms with Gasteiger partial charge < -0.3 is 15.2 Å². The van der Waals surface area contributed by atoms with Crippen molar-refractivity contribution in [1.29, 1.82) is 0 Å². The van der Waals surface area contributed by atoms with Gasteiger partial charge in [0.2, 0.25) is 0 Å². The predicted molar refractivity (Wildman–Crippen MR) is 65.7 cm³/mol. The van der Waals surface area contributed by atoms with Gasteiger partial charge in [0.1, 0.15) is 5.60 Å². The average Bonchev–Trinajstić information content (AvgIpc) is 2.44. The first kappa shape index (κ1) is 13.6. The lowest BCUT2D eigenvalue weighted by Gasteiger charge is -2.22. The first-order chi connectivity index (χ1) is 7.31. The monoisotopic (exact) mass is 247 g/mol. The highest BCUT2D eigenvalue weighted by Gasteiger charge is 2.34. The van der Waals surface area contributed by atoms with E-state index >= 15 is 0 Å². The molecule has 0 heterocycles. The molecule has 4 nitrogen and oxygen atoms in total. The maximum atomic E-state index is 11.5. The van der Waals surface area contributed by atoms with Crippen molar-refractivity contribution in [2.75, 3.05) is 6.26 Å². The van der Waals surface area contributed by atoms with Crippen LogP contribution >= 0.6 is 11.8 Å². The first-order valence-electron chi connectivity index (χ1n) is 5.52. The highest BCUT2D eigenvalue weighted by molar-refractivity contribution is 7.99. The molecule has 16 heavy (non-hydrogen) atoms. The smallest absolute Gasteiger partial charge is 0.407 e. The third-order valence-electron chi connectivity index (χ3n) is 2.52. The molecule has 0 aromatic heterocycles. The fourth-order valence-electron chi connectivity index (χ4n) is 1.78. The summed E-state index contributed by atoms with van der Waals surface area (Å²) in [7, 11) is 0. The number of carbonyl (C=O) groups excluding carboxylic acids is 1. The summed E-state index contributed by atoms with van der Waals surface area (Å²) < 4.78 is 5.15. The van der Waals surface area contributed by atoms with E-state index in [-0.39, 0.29) is 6.04 Å². The minimum Gasteiger partial charge on any atom is -0.444 e. The highest BCUT2D eigenvalue weighted by atomic mass is 32.2. The van der Waals surface area contributed by atoms with Crippen LogP contribution in [-0.4, -0.2) is 40.5 Å². The van der Waals surface area contributed by atoms with Crippen molar-refractivity contribution >= 4 is 17.9 Å². The summed E-state index contributed by atoms with van der Waals surface area (Å²) >= 11 is 1.73. The first-order valence-corrected chi connectivity index (χ1v) is 6.81. The summed E-state index contributed by atoms with van der Waals surface area (Å²) in [6.45, 7) is 5.47. The van der Waals surface area contributed by atoms with Crippen molar-refractivity contribution < 1.29 is 14.6 Å². The van der Waals surface area contributed by atoms with Crippen molar-refractivity contribution in [3.05, 3.63) is 0 Å². The number of aliphatic hydroxyl groups is 1. The van der Waals surface area contributed by atoms with Gasteiger partial charge in [0.15, 0.2) is 0 Å². The number of aliphatic hydroxyl groups excluding tert-OH is 1. The molecule has 0 radical (unpaired) electrons. The van der Waals surface area contributed by atoms with Crippen LogP contribution in [0.5, 0.6) is 0 Å². The topological polar surface area (TPSA) is 58.6 Å². The van der Waals surface area contributed by atoms with Gasteiger partial charge in [-0.2, -0.15) is 11.8 Å². The number of hydrogen-bond acceptors (Lipinski definition) is 4. The number of ether oxygens (including phenoxy) is 1. The van der Waals surface area contributed by atoms with E-state index in [1.807, 2.05) is 27.0 Å². The van der Waals surface area contributed by atoms with Crippen LogP contribution in [0.15, 0.2) is 0 Å². The Kier molecular flexibility index (Phi) is 4.50. The van der Waals surface area contributed by atoms with Gasteiger partial charge in [0.05, 0.1) is 12.1 Å². The van der Waals surface area contributed by atoms with Gasteiger partial charge in [-0.05, 0) is 39.9 Å². The fraction of sp³-hybridized carbons (Fsp3) is 0.909. The van der Waals surface area contributed by atoms with Crippen LogP contribution < -0.4 is 5.32 Å². The van der Waals surface area contributed by atoms with E-state index in [4.69, 9.17) is 4.74 Å². The van der Waals surface area contributed by atoms with Crippen LogP contribution in [0.4, 0.5) is 4.79 Å². The van der Waals surface area contributed by atoms with Crippen LogP contribution in [0.1, 0.15) is 33.6 Å². The molecular weight excluding hydrogens is 226 g/mol. The molecule has 0 spiro atoms. The normalized spacial score (nSPS) is 30.2. The summed E-state index contributed by atoms with van der Waals surface area (Å²) in [5.41, 5.74) is -0.494. The maximum Gasteiger partial charge on any atom is 0.407 e. The number of thioether (sulfide) groups is 1. The predicted octanol–water partition coefficient (Wildman–Crippen LogP) is 1.77. The third-order valence-corrected chi connectivity index (χ3v) is 3.57. The van der Waals surface area contributed by atoms with E-state index < -0.39 is 17.8 Å². The standard InChI is InChI=1S/C11H21NO3S/c1-11(2,3)15-10(14)12-8-5-7(16-4)6-9(8)13/h7-9,13H,5-6H2,1-4H3,(H,12,14)/t7-,8-,9-/m1/s1. The van der Waals surface area contributed by atoms with Crippen molar-refractivity contribution in [2.45, 2.75) is 56.6 Å². The Morgan fingerprint density at radius 1 is 1.44 bits per heavy atom. The summed E-state index contributed by atoms with van der Waals surface area (Å²) in [6, 6.07) is -0.174. The third kappa shape index (κ3) is 4.22. The second-order valence-electron chi connectivity index (χ2n) is 5.15. The molecule has 3 atom stereocenters. The minimum absolute atomic E-state index is 0.174. The SMILES string of the molecule is CS[C@H]1C[C@@H](O)[C@H](NC(=O)OC(C)(C)C)C1. The zero-order valence-electron chi connectivity index (χ0n) is 10.3. The van der Waals surface area contributed by atoms with Gasteiger partial charge >= 0.3 is 6.09 Å². The van der Waals surface area contributed by atoms with Crippen LogP contribution in [0, 0.1) is 0 Å². The van der Waals surface area contributed by atoms with Gasteiger partial charge in [-0.1, -0.05) is 0 Å². The summed E-state index contributed by atoms with van der Waals surface area (Å²) in [5, 5.41) is 12.9. The molecule has 0 aromatic carbocycles. The molecule has 1 aliphatic carbocycles. The van der Waals surface area contributed by atoms with Crippen molar-refractivity contribution in [1.82, 2.24) is 5.32 Å². The van der Waals surface area contributed by atoms with Gasteiger partial charge in [0.25, 0.3) is 0 Å². The summed E-state index contributed by atoms with van der Waals surface area (Å²) in [4.78, 5) is 11.5. The Hall–Kier alpha value is -0.420. The van der Waals surface area contributed by atoms with E-state index in [9.17, 15) is 9.90 Å². The molecule has 0 aromatic rings. The lowest BCUT2D eigenvalue weighted by molar-refractivity contribution is 0.0450. The zero-order chi connectivity index (χ0) is 12.3. The van der Waals surface area contributed by atoms with Crippen molar-refractivity contribution in [3.63, 3.8) is 0 Å². The molecule has 1 saturated carbocycles. The molecule has 0 bridgehead atoms. The van der Waals surface area contributed by atoms with E-state index in [1.165, 1.54) is 0 Å². The van der Waals surface area contributed by atoms with Crippen molar-refractivity contribution in [3.8, 4) is 0 Å². The van der Waals surface area contributed by atoms with E-state index in [0.29, 0.717) is 5.25 Å². The lowest BCUT2D eigenvalue weighted by atomic mass is 10.2. The molecular formula is C11H21NO3S. The second kappa shape index (κ2) is 5.27. The largest absolute Gasteiger partial charge is 0.444 e. The molecule has 94 valence electrons. The number of hydrogen-bond donors (Lipinski definition) is 2.